The second-order valence-corrected chi connectivity index (χ2v) is 4.76. The van der Waals surface area contributed by atoms with E-state index in [-0.39, 0.29) is 6.10 Å². The van der Waals surface area contributed by atoms with Gasteiger partial charge in [0, 0.05) is 10.9 Å². The van der Waals surface area contributed by atoms with Crippen molar-refractivity contribution >= 4 is 15.9 Å². The summed E-state index contributed by atoms with van der Waals surface area (Å²) in [6.07, 6.45) is 2.91. The summed E-state index contributed by atoms with van der Waals surface area (Å²) in [5.74, 6) is 0.961. The minimum atomic E-state index is 0.262. The summed E-state index contributed by atoms with van der Waals surface area (Å²) in [6, 6.07) is 8.11. The Morgan fingerprint density at radius 1 is 1.38 bits per heavy atom. The summed E-state index contributed by atoms with van der Waals surface area (Å²) in [4.78, 5) is 0. The number of hydrogen-bond donors (Lipinski definition) is 0. The van der Waals surface area contributed by atoms with Crippen LogP contribution in [0.15, 0.2) is 24.3 Å². The molecule has 2 rings (SSSR count). The van der Waals surface area contributed by atoms with Gasteiger partial charge in [-0.05, 0) is 25.8 Å². The van der Waals surface area contributed by atoms with Gasteiger partial charge in [-0.3, -0.25) is 0 Å². The highest BCUT2D eigenvalue weighted by Crippen LogP contribution is 2.23. The van der Waals surface area contributed by atoms with Gasteiger partial charge in [0.15, 0.2) is 0 Å². The average molecular weight is 285 g/mol. The van der Waals surface area contributed by atoms with E-state index < -0.39 is 0 Å². The summed E-state index contributed by atoms with van der Waals surface area (Å²) >= 11 is 3.46. The van der Waals surface area contributed by atoms with Gasteiger partial charge < -0.3 is 9.47 Å². The molecule has 2 unspecified atom stereocenters. The number of rotatable bonds is 4. The highest BCUT2D eigenvalue weighted by Gasteiger charge is 2.22. The molecule has 0 aromatic heterocycles. The SMILES string of the molecule is CC1CCC(COc2ccccc2CBr)O1. The van der Waals surface area contributed by atoms with Gasteiger partial charge in [0.2, 0.25) is 0 Å². The second-order valence-electron chi connectivity index (χ2n) is 4.20. The molecular formula is C13H17BrO2. The van der Waals surface area contributed by atoms with Crippen LogP contribution in [-0.2, 0) is 10.1 Å². The topological polar surface area (TPSA) is 18.5 Å². The molecule has 2 atom stereocenters. The van der Waals surface area contributed by atoms with Crippen molar-refractivity contribution in [3.8, 4) is 5.75 Å². The summed E-state index contributed by atoms with van der Waals surface area (Å²) < 4.78 is 11.5. The molecule has 0 saturated carbocycles. The van der Waals surface area contributed by atoms with Crippen molar-refractivity contribution in [3.63, 3.8) is 0 Å². The van der Waals surface area contributed by atoms with Crippen LogP contribution >= 0.6 is 15.9 Å². The molecule has 2 nitrogen and oxygen atoms in total. The molecule has 1 heterocycles. The quantitative estimate of drug-likeness (QED) is 0.788. The molecule has 1 saturated heterocycles. The van der Waals surface area contributed by atoms with E-state index in [0.29, 0.717) is 12.7 Å². The van der Waals surface area contributed by atoms with Crippen molar-refractivity contribution in [1.82, 2.24) is 0 Å². The van der Waals surface area contributed by atoms with Gasteiger partial charge >= 0.3 is 0 Å². The summed E-state index contributed by atoms with van der Waals surface area (Å²) in [5.41, 5.74) is 1.19. The minimum absolute atomic E-state index is 0.262. The molecule has 0 bridgehead atoms. The van der Waals surface area contributed by atoms with Gasteiger partial charge in [-0.2, -0.15) is 0 Å². The van der Waals surface area contributed by atoms with Gasteiger partial charge in [0.25, 0.3) is 0 Å². The summed E-state index contributed by atoms with van der Waals surface area (Å²) in [7, 11) is 0. The zero-order valence-electron chi connectivity index (χ0n) is 9.49. The van der Waals surface area contributed by atoms with E-state index in [2.05, 4.69) is 28.9 Å². The standard InChI is InChI=1S/C13H17BrO2/c1-10-6-7-12(16-10)9-15-13-5-3-2-4-11(13)8-14/h2-5,10,12H,6-9H2,1H3. The van der Waals surface area contributed by atoms with E-state index >= 15 is 0 Å². The third-order valence-electron chi connectivity index (χ3n) is 2.86. The minimum Gasteiger partial charge on any atom is -0.491 e. The third kappa shape index (κ3) is 2.98. The zero-order valence-corrected chi connectivity index (χ0v) is 11.1. The highest BCUT2D eigenvalue weighted by molar-refractivity contribution is 9.08. The molecular weight excluding hydrogens is 268 g/mol. The van der Waals surface area contributed by atoms with Gasteiger partial charge in [-0.15, -0.1) is 0 Å². The Morgan fingerprint density at radius 2 is 2.19 bits per heavy atom. The molecule has 0 spiro atoms. The number of hydrogen-bond acceptors (Lipinski definition) is 2. The first-order valence-corrected chi connectivity index (χ1v) is 6.84. The lowest BCUT2D eigenvalue weighted by Gasteiger charge is -2.14. The van der Waals surface area contributed by atoms with Crippen molar-refractivity contribution in [2.75, 3.05) is 6.61 Å². The molecule has 0 aliphatic carbocycles. The lowest BCUT2D eigenvalue weighted by molar-refractivity contribution is 0.0263. The fraction of sp³-hybridized carbons (Fsp3) is 0.538. The van der Waals surface area contributed by atoms with E-state index in [1.165, 1.54) is 5.56 Å². The number of alkyl halides is 1. The van der Waals surface area contributed by atoms with Gasteiger partial charge in [-0.25, -0.2) is 0 Å². The van der Waals surface area contributed by atoms with Gasteiger partial charge in [0.1, 0.15) is 12.4 Å². The van der Waals surface area contributed by atoms with Crippen LogP contribution in [0.1, 0.15) is 25.3 Å². The fourth-order valence-electron chi connectivity index (χ4n) is 1.95. The lowest BCUT2D eigenvalue weighted by Crippen LogP contribution is -2.18. The Bertz CT molecular complexity index is 340. The average Bonchev–Trinajstić information content (AvgIpc) is 2.73. The van der Waals surface area contributed by atoms with Crippen LogP contribution in [0.5, 0.6) is 5.75 Å². The monoisotopic (exact) mass is 284 g/mol. The Labute approximate surface area is 105 Å². The van der Waals surface area contributed by atoms with E-state index in [4.69, 9.17) is 9.47 Å². The summed E-state index contributed by atoms with van der Waals surface area (Å²) in [6.45, 7) is 2.78. The maximum absolute atomic E-state index is 5.81. The molecule has 3 heteroatoms. The molecule has 0 amide bonds. The summed E-state index contributed by atoms with van der Waals surface area (Å²) in [5, 5.41) is 0.825. The Hall–Kier alpha value is -0.540. The first kappa shape index (κ1) is 11.9. The van der Waals surface area contributed by atoms with Crippen LogP contribution in [-0.4, -0.2) is 18.8 Å². The normalized spacial score (nSPS) is 24.6. The number of halogens is 1. The van der Waals surface area contributed by atoms with Crippen molar-refractivity contribution in [1.29, 1.82) is 0 Å². The second kappa shape index (κ2) is 5.69. The lowest BCUT2D eigenvalue weighted by atomic mass is 10.2. The Balaban J connectivity index is 1.89. The Kier molecular flexibility index (Phi) is 4.24. The molecule has 1 aromatic rings. The maximum atomic E-state index is 5.81. The van der Waals surface area contributed by atoms with Gasteiger partial charge in [-0.1, -0.05) is 34.1 Å². The van der Waals surface area contributed by atoms with Gasteiger partial charge in [0.05, 0.1) is 12.2 Å². The van der Waals surface area contributed by atoms with Crippen LogP contribution in [0.4, 0.5) is 0 Å². The molecule has 1 aromatic carbocycles. The highest BCUT2D eigenvalue weighted by atomic mass is 79.9. The van der Waals surface area contributed by atoms with E-state index in [0.717, 1.165) is 23.9 Å². The first-order chi connectivity index (χ1) is 7.79. The molecule has 0 N–H and O–H groups in total. The molecule has 88 valence electrons. The van der Waals surface area contributed by atoms with E-state index in [1.807, 2.05) is 18.2 Å². The number of ether oxygens (including phenoxy) is 2. The molecule has 0 radical (unpaired) electrons. The molecule has 1 aliphatic rings. The largest absolute Gasteiger partial charge is 0.491 e. The van der Waals surface area contributed by atoms with Crippen LogP contribution in [0.2, 0.25) is 0 Å². The molecule has 1 aliphatic heterocycles. The predicted octanol–water partition coefficient (Wildman–Crippen LogP) is 3.53. The van der Waals surface area contributed by atoms with Crippen molar-refractivity contribution in [2.24, 2.45) is 0 Å². The Morgan fingerprint density at radius 3 is 2.88 bits per heavy atom. The van der Waals surface area contributed by atoms with Crippen molar-refractivity contribution in [2.45, 2.75) is 37.3 Å². The van der Waals surface area contributed by atoms with Crippen molar-refractivity contribution < 1.29 is 9.47 Å². The molecule has 16 heavy (non-hydrogen) atoms. The van der Waals surface area contributed by atoms with Crippen LogP contribution in [0, 0.1) is 0 Å². The zero-order chi connectivity index (χ0) is 11.4. The van der Waals surface area contributed by atoms with Crippen LogP contribution in [0.3, 0.4) is 0 Å². The van der Waals surface area contributed by atoms with Crippen LogP contribution < -0.4 is 4.74 Å². The van der Waals surface area contributed by atoms with Crippen LogP contribution in [0.25, 0.3) is 0 Å². The first-order valence-electron chi connectivity index (χ1n) is 5.71. The van der Waals surface area contributed by atoms with E-state index in [9.17, 15) is 0 Å². The smallest absolute Gasteiger partial charge is 0.123 e. The molecule has 1 fully saturated rings. The van der Waals surface area contributed by atoms with E-state index in [1.54, 1.807) is 0 Å². The fourth-order valence-corrected chi connectivity index (χ4v) is 2.41. The maximum Gasteiger partial charge on any atom is 0.123 e. The predicted molar refractivity (Wildman–Crippen MR) is 68.1 cm³/mol. The van der Waals surface area contributed by atoms with Crippen molar-refractivity contribution in [3.05, 3.63) is 29.8 Å². The number of benzene rings is 1. The number of para-hydroxylation sites is 1. The third-order valence-corrected chi connectivity index (χ3v) is 3.47.